The van der Waals surface area contributed by atoms with Gasteiger partial charge in [-0.3, -0.25) is 14.3 Å². The molecule has 0 radical (unpaired) electrons. The van der Waals surface area contributed by atoms with Crippen molar-refractivity contribution < 1.29 is 19.4 Å². The van der Waals surface area contributed by atoms with E-state index in [1.54, 1.807) is 6.08 Å². The highest BCUT2D eigenvalue weighted by molar-refractivity contribution is 6.99. The minimum Gasteiger partial charge on any atom is -0.397 e. The Morgan fingerprint density at radius 2 is 1.65 bits per heavy atom. The number of hydrogen-bond donors (Lipinski definition) is 3. The lowest BCUT2D eigenvalue weighted by Crippen LogP contribution is -2.70. The summed E-state index contributed by atoms with van der Waals surface area (Å²) in [5.41, 5.74) is -2.96. The second-order valence-electron chi connectivity index (χ2n) is 10.4. The Bertz CT molecular complexity index is 1290. The number of aromatic nitrogens is 2. The van der Waals surface area contributed by atoms with Crippen molar-refractivity contribution in [1.82, 2.24) is 9.55 Å². The number of aromatic amines is 1. The molecule has 4 rings (SSSR count). The molecule has 1 aliphatic heterocycles. The number of benzene rings is 2. The van der Waals surface area contributed by atoms with E-state index in [-0.39, 0.29) is 6.42 Å². The lowest BCUT2D eigenvalue weighted by atomic mass is 9.89. The normalized spacial score (nSPS) is 24.2. The van der Waals surface area contributed by atoms with Crippen molar-refractivity contribution in [1.29, 1.82) is 0 Å². The van der Waals surface area contributed by atoms with Crippen LogP contribution >= 0.6 is 0 Å². The molecule has 1 saturated heterocycles. The SMILES string of the molecule is C=CC[C@]1(O)[C@@H](CO)O[C@@H](n2ccc(=O)[nH]c2=O)[C@@H]1O[Si](c1ccccc1)(c1ccccc1)C(C)(C)C. The molecule has 0 bridgehead atoms. The van der Waals surface area contributed by atoms with Gasteiger partial charge in [-0.15, -0.1) is 6.58 Å². The summed E-state index contributed by atoms with van der Waals surface area (Å²) in [4.78, 5) is 26.9. The van der Waals surface area contributed by atoms with E-state index in [1.165, 1.54) is 16.8 Å². The molecule has 1 aromatic heterocycles. The van der Waals surface area contributed by atoms with Gasteiger partial charge < -0.3 is 19.4 Å². The van der Waals surface area contributed by atoms with Crippen LogP contribution in [0.25, 0.3) is 0 Å². The number of nitrogens with one attached hydrogen (secondary N) is 1. The van der Waals surface area contributed by atoms with Crippen LogP contribution < -0.4 is 21.6 Å². The molecule has 0 spiro atoms. The van der Waals surface area contributed by atoms with Crippen molar-refractivity contribution >= 4 is 18.7 Å². The second-order valence-corrected chi connectivity index (χ2v) is 14.7. The van der Waals surface area contributed by atoms with Crippen molar-refractivity contribution in [2.24, 2.45) is 0 Å². The van der Waals surface area contributed by atoms with Gasteiger partial charge >= 0.3 is 5.69 Å². The first-order valence-corrected chi connectivity index (χ1v) is 14.2. The number of rotatable bonds is 8. The summed E-state index contributed by atoms with van der Waals surface area (Å²) in [6, 6.07) is 21.0. The van der Waals surface area contributed by atoms with Crippen LogP contribution in [0.2, 0.25) is 5.04 Å². The molecule has 1 aliphatic rings. The molecule has 0 unspecified atom stereocenters. The highest BCUT2D eigenvalue weighted by atomic mass is 28.4. The molecule has 4 atom stereocenters. The van der Waals surface area contributed by atoms with Gasteiger partial charge in [-0.25, -0.2) is 4.79 Å². The predicted octanol–water partition coefficient (Wildman–Crippen LogP) is 1.68. The maximum atomic E-state index is 12.9. The first-order chi connectivity index (χ1) is 17.6. The van der Waals surface area contributed by atoms with Gasteiger partial charge in [0.15, 0.2) is 6.23 Å². The summed E-state index contributed by atoms with van der Waals surface area (Å²) in [6.45, 7) is 9.61. The van der Waals surface area contributed by atoms with E-state index in [9.17, 15) is 19.8 Å². The van der Waals surface area contributed by atoms with Gasteiger partial charge in [-0.1, -0.05) is 87.5 Å². The molecule has 2 heterocycles. The van der Waals surface area contributed by atoms with Gasteiger partial charge in [-0.2, -0.15) is 0 Å². The molecule has 9 heteroatoms. The molecule has 0 aliphatic carbocycles. The van der Waals surface area contributed by atoms with Crippen LogP contribution in [0.3, 0.4) is 0 Å². The number of hydrogen-bond acceptors (Lipinski definition) is 6. The number of aliphatic hydroxyl groups is 2. The predicted molar refractivity (Wildman–Crippen MR) is 145 cm³/mol. The fourth-order valence-electron chi connectivity index (χ4n) is 5.35. The average molecular weight is 523 g/mol. The van der Waals surface area contributed by atoms with Crippen molar-refractivity contribution in [2.75, 3.05) is 6.61 Å². The molecule has 37 heavy (non-hydrogen) atoms. The maximum Gasteiger partial charge on any atom is 0.330 e. The zero-order valence-electron chi connectivity index (χ0n) is 21.3. The van der Waals surface area contributed by atoms with E-state index in [2.05, 4.69) is 32.3 Å². The molecule has 8 nitrogen and oxygen atoms in total. The van der Waals surface area contributed by atoms with E-state index in [0.717, 1.165) is 10.4 Å². The van der Waals surface area contributed by atoms with Crippen molar-refractivity contribution in [3.05, 3.63) is 106 Å². The Kier molecular flexibility index (Phi) is 7.54. The molecule has 0 saturated carbocycles. The molecular formula is C28H34N2O6Si. The first kappa shape index (κ1) is 27.0. The highest BCUT2D eigenvalue weighted by Crippen LogP contribution is 2.46. The Labute approximate surface area is 217 Å². The van der Waals surface area contributed by atoms with Gasteiger partial charge in [0.2, 0.25) is 0 Å². The molecule has 0 amide bonds. The Morgan fingerprint density at radius 1 is 1.08 bits per heavy atom. The van der Waals surface area contributed by atoms with Crippen LogP contribution in [-0.2, 0) is 9.16 Å². The smallest absolute Gasteiger partial charge is 0.330 e. The monoisotopic (exact) mass is 522 g/mol. The van der Waals surface area contributed by atoms with Gasteiger partial charge in [0.1, 0.15) is 17.8 Å². The number of nitrogens with zero attached hydrogens (tertiary/aromatic N) is 1. The van der Waals surface area contributed by atoms with Crippen molar-refractivity contribution in [3.8, 4) is 0 Å². The van der Waals surface area contributed by atoms with Crippen LogP contribution in [0.1, 0.15) is 33.4 Å². The van der Waals surface area contributed by atoms with Gasteiger partial charge in [0, 0.05) is 12.3 Å². The molecule has 1 fully saturated rings. The van der Waals surface area contributed by atoms with E-state index >= 15 is 0 Å². The zero-order chi connectivity index (χ0) is 26.8. The lowest BCUT2D eigenvalue weighted by Gasteiger charge is -2.47. The largest absolute Gasteiger partial charge is 0.397 e. The minimum atomic E-state index is -3.22. The lowest BCUT2D eigenvalue weighted by molar-refractivity contribution is -0.0881. The Morgan fingerprint density at radius 3 is 2.11 bits per heavy atom. The van der Waals surface area contributed by atoms with Crippen molar-refractivity contribution in [2.45, 2.75) is 56.3 Å². The van der Waals surface area contributed by atoms with Crippen LogP contribution in [0.15, 0.2) is 95.2 Å². The fraction of sp³-hybridized carbons (Fsp3) is 0.357. The third-order valence-corrected chi connectivity index (χ3v) is 12.1. The number of ether oxygens (including phenoxy) is 1. The summed E-state index contributed by atoms with van der Waals surface area (Å²) >= 11 is 0. The quantitative estimate of drug-likeness (QED) is 0.306. The topological polar surface area (TPSA) is 114 Å². The second kappa shape index (κ2) is 10.4. The first-order valence-electron chi connectivity index (χ1n) is 12.3. The summed E-state index contributed by atoms with van der Waals surface area (Å²) < 4.78 is 14.6. The Hall–Kier alpha value is -3.08. The molecule has 3 aromatic rings. The van der Waals surface area contributed by atoms with Gasteiger partial charge in [-0.05, 0) is 21.8 Å². The number of aliphatic hydroxyl groups excluding tert-OH is 1. The summed E-state index contributed by atoms with van der Waals surface area (Å²) in [5.74, 6) is 0. The van der Waals surface area contributed by atoms with E-state index < -0.39 is 55.2 Å². The van der Waals surface area contributed by atoms with Gasteiger partial charge in [0.25, 0.3) is 13.9 Å². The van der Waals surface area contributed by atoms with Gasteiger partial charge in [0.05, 0.1) is 6.61 Å². The van der Waals surface area contributed by atoms with E-state index in [1.807, 2.05) is 60.7 Å². The molecule has 2 aromatic carbocycles. The minimum absolute atomic E-state index is 0.0513. The van der Waals surface area contributed by atoms with Crippen LogP contribution in [0.4, 0.5) is 0 Å². The third-order valence-electron chi connectivity index (χ3n) is 7.10. The van der Waals surface area contributed by atoms with E-state index in [4.69, 9.17) is 9.16 Å². The molecule has 196 valence electrons. The van der Waals surface area contributed by atoms with Crippen LogP contribution in [-0.4, -0.2) is 52.5 Å². The fourth-order valence-corrected chi connectivity index (χ4v) is 10.1. The summed E-state index contributed by atoms with van der Waals surface area (Å²) in [6.07, 6.45) is -0.341. The maximum absolute atomic E-state index is 12.9. The van der Waals surface area contributed by atoms with Crippen LogP contribution in [0, 0.1) is 0 Å². The molecular weight excluding hydrogens is 488 g/mol. The van der Waals surface area contributed by atoms with Crippen LogP contribution in [0.5, 0.6) is 0 Å². The Balaban J connectivity index is 2.00. The number of H-pyrrole nitrogens is 1. The highest BCUT2D eigenvalue weighted by Gasteiger charge is 2.61. The molecule has 3 N–H and O–H groups in total. The summed E-state index contributed by atoms with van der Waals surface area (Å²) in [7, 11) is -3.22. The standard InChI is InChI=1S/C28H34N2O6Si/c1-5-17-28(34)22(19-31)35-25(30-18-16-23(32)29-26(30)33)24(28)36-37(27(2,3)4,20-12-8-6-9-13-20)21-14-10-7-11-15-21/h5-16,18,22,24-25,31,34H,1,17,19H2,2-4H3,(H,29,32,33)/t22-,24+,25-,28+/m1/s1. The zero-order valence-corrected chi connectivity index (χ0v) is 22.3. The van der Waals surface area contributed by atoms with E-state index in [0.29, 0.717) is 0 Å². The van der Waals surface area contributed by atoms with Crippen molar-refractivity contribution in [3.63, 3.8) is 0 Å². The average Bonchev–Trinajstić information content (AvgIpc) is 3.13. The third kappa shape index (κ3) is 4.69. The summed E-state index contributed by atoms with van der Waals surface area (Å²) in [5, 5.41) is 23.8.